The topological polar surface area (TPSA) is 51.2 Å². The monoisotopic (exact) mass is 308 g/mol. The van der Waals surface area contributed by atoms with Gasteiger partial charge in [0, 0.05) is 13.7 Å². The van der Waals surface area contributed by atoms with Crippen LogP contribution in [0.4, 0.5) is 4.39 Å². The van der Waals surface area contributed by atoms with Gasteiger partial charge in [0.15, 0.2) is 0 Å². The molecule has 2 aromatic rings. The molecular formula is C15H17FN2O2S. The van der Waals surface area contributed by atoms with Crippen molar-refractivity contribution in [3.63, 3.8) is 0 Å². The van der Waals surface area contributed by atoms with E-state index in [2.05, 4.69) is 10.3 Å². The molecule has 6 heteroatoms. The van der Waals surface area contributed by atoms with Crippen molar-refractivity contribution in [2.75, 3.05) is 13.7 Å². The van der Waals surface area contributed by atoms with E-state index in [0.29, 0.717) is 23.7 Å². The molecule has 1 atom stereocenters. The Hall–Kier alpha value is -1.79. The van der Waals surface area contributed by atoms with Crippen molar-refractivity contribution in [2.24, 2.45) is 0 Å². The Morgan fingerprint density at radius 1 is 1.43 bits per heavy atom. The maximum absolute atomic E-state index is 12.9. The van der Waals surface area contributed by atoms with Crippen LogP contribution in [0, 0.1) is 5.82 Å². The zero-order chi connectivity index (χ0) is 15.2. The molecule has 0 radical (unpaired) electrons. The van der Waals surface area contributed by atoms with Crippen LogP contribution < -0.4 is 5.32 Å². The molecule has 112 valence electrons. The van der Waals surface area contributed by atoms with Gasteiger partial charge in [-0.1, -0.05) is 19.1 Å². The lowest BCUT2D eigenvalue weighted by atomic mass is 10.0. The molecule has 4 nitrogen and oxygen atoms in total. The van der Waals surface area contributed by atoms with Crippen LogP contribution in [0.3, 0.4) is 0 Å². The lowest BCUT2D eigenvalue weighted by Gasteiger charge is -2.13. The third-order valence-electron chi connectivity index (χ3n) is 3.14. The number of thiazole rings is 1. The largest absolute Gasteiger partial charge is 0.378 e. The molecule has 0 unspecified atom stereocenters. The molecule has 1 aromatic carbocycles. The van der Waals surface area contributed by atoms with Gasteiger partial charge in [-0.25, -0.2) is 9.37 Å². The molecule has 1 heterocycles. The van der Waals surface area contributed by atoms with E-state index in [0.717, 1.165) is 5.56 Å². The Morgan fingerprint density at radius 2 is 2.14 bits per heavy atom. The number of ether oxygens (including phenoxy) is 1. The van der Waals surface area contributed by atoms with Gasteiger partial charge in [-0.15, -0.1) is 11.3 Å². The second-order valence-electron chi connectivity index (χ2n) is 4.72. The molecule has 2 rings (SSSR count). The lowest BCUT2D eigenvalue weighted by Crippen LogP contribution is -2.27. The van der Waals surface area contributed by atoms with Crippen LogP contribution >= 0.6 is 11.3 Å². The number of rotatable bonds is 6. The average Bonchev–Trinajstić information content (AvgIpc) is 2.94. The molecule has 0 saturated heterocycles. The predicted molar refractivity (Wildman–Crippen MR) is 80.0 cm³/mol. The number of nitrogens with one attached hydrogen (secondary N) is 1. The summed E-state index contributed by atoms with van der Waals surface area (Å²) >= 11 is 1.29. The van der Waals surface area contributed by atoms with E-state index < -0.39 is 0 Å². The van der Waals surface area contributed by atoms with E-state index in [9.17, 15) is 9.18 Å². The van der Waals surface area contributed by atoms with Crippen molar-refractivity contribution in [3.8, 4) is 0 Å². The van der Waals surface area contributed by atoms with E-state index in [1.807, 2.05) is 6.92 Å². The van der Waals surface area contributed by atoms with Crippen LogP contribution in [0.15, 0.2) is 29.8 Å². The first kappa shape index (κ1) is 15.6. The van der Waals surface area contributed by atoms with E-state index in [4.69, 9.17) is 4.74 Å². The summed E-state index contributed by atoms with van der Waals surface area (Å²) in [5, 5.41) is 2.88. The molecule has 21 heavy (non-hydrogen) atoms. The fraction of sp³-hybridized carbons (Fsp3) is 0.333. The van der Waals surface area contributed by atoms with Gasteiger partial charge >= 0.3 is 0 Å². The molecule has 1 amide bonds. The molecule has 0 aliphatic heterocycles. The highest BCUT2D eigenvalue weighted by Crippen LogP contribution is 2.17. The summed E-state index contributed by atoms with van der Waals surface area (Å²) in [6, 6.07) is 6.31. The Balaban J connectivity index is 1.94. The summed E-state index contributed by atoms with van der Waals surface area (Å²) in [6.45, 7) is 2.78. The Morgan fingerprint density at radius 3 is 2.81 bits per heavy atom. The van der Waals surface area contributed by atoms with Gasteiger partial charge in [0.05, 0.1) is 17.8 Å². The summed E-state index contributed by atoms with van der Waals surface area (Å²) < 4.78 is 17.9. The summed E-state index contributed by atoms with van der Waals surface area (Å²) in [5.41, 5.74) is 3.26. The SMILES string of the molecule is COCc1ncsc1C(=O)NC[C@@H](C)c1ccc(F)cc1. The van der Waals surface area contributed by atoms with Crippen molar-refractivity contribution in [2.45, 2.75) is 19.4 Å². The average molecular weight is 308 g/mol. The number of aromatic nitrogens is 1. The van der Waals surface area contributed by atoms with E-state index in [-0.39, 0.29) is 17.6 Å². The van der Waals surface area contributed by atoms with Crippen molar-refractivity contribution in [1.82, 2.24) is 10.3 Å². The number of methoxy groups -OCH3 is 1. The fourth-order valence-electron chi connectivity index (χ4n) is 1.93. The van der Waals surface area contributed by atoms with Gasteiger partial charge in [0.2, 0.25) is 0 Å². The standard InChI is InChI=1S/C15H17FN2O2S/c1-10(11-3-5-12(16)6-4-11)7-17-15(19)14-13(8-20-2)18-9-21-14/h3-6,9-10H,7-8H2,1-2H3,(H,17,19)/t10-/m1/s1. The predicted octanol–water partition coefficient (Wildman–Crippen LogP) is 2.96. The molecule has 0 spiro atoms. The highest BCUT2D eigenvalue weighted by Gasteiger charge is 2.15. The van der Waals surface area contributed by atoms with Gasteiger partial charge in [0.1, 0.15) is 10.7 Å². The normalized spacial score (nSPS) is 12.1. The molecule has 0 saturated carbocycles. The van der Waals surface area contributed by atoms with Crippen molar-refractivity contribution in [3.05, 3.63) is 51.7 Å². The van der Waals surface area contributed by atoms with Crippen LogP contribution in [0.2, 0.25) is 0 Å². The number of hydrogen-bond acceptors (Lipinski definition) is 4. The minimum atomic E-state index is -0.260. The Labute approximate surface area is 127 Å². The Kier molecular flexibility index (Phi) is 5.41. The highest BCUT2D eigenvalue weighted by atomic mass is 32.1. The van der Waals surface area contributed by atoms with E-state index in [1.165, 1.54) is 23.5 Å². The highest BCUT2D eigenvalue weighted by molar-refractivity contribution is 7.11. The third-order valence-corrected chi connectivity index (χ3v) is 4.00. The molecule has 0 bridgehead atoms. The summed E-state index contributed by atoms with van der Waals surface area (Å²) in [6.07, 6.45) is 0. The zero-order valence-corrected chi connectivity index (χ0v) is 12.7. The second kappa shape index (κ2) is 7.28. The Bertz CT molecular complexity index is 598. The van der Waals surface area contributed by atoms with Gasteiger partial charge < -0.3 is 10.1 Å². The molecule has 0 aliphatic carbocycles. The molecule has 1 aromatic heterocycles. The molecular weight excluding hydrogens is 291 g/mol. The van der Waals surface area contributed by atoms with Crippen LogP contribution in [0.5, 0.6) is 0 Å². The maximum Gasteiger partial charge on any atom is 0.263 e. The quantitative estimate of drug-likeness (QED) is 0.892. The number of hydrogen-bond donors (Lipinski definition) is 1. The second-order valence-corrected chi connectivity index (χ2v) is 5.58. The van der Waals surface area contributed by atoms with E-state index >= 15 is 0 Å². The number of halogens is 1. The number of nitrogens with zero attached hydrogens (tertiary/aromatic N) is 1. The molecule has 0 fully saturated rings. The zero-order valence-electron chi connectivity index (χ0n) is 11.9. The van der Waals surface area contributed by atoms with Crippen LogP contribution in [-0.2, 0) is 11.3 Å². The first-order chi connectivity index (χ1) is 10.1. The smallest absolute Gasteiger partial charge is 0.263 e. The van der Waals surface area contributed by atoms with Crippen molar-refractivity contribution in [1.29, 1.82) is 0 Å². The van der Waals surface area contributed by atoms with Gasteiger partial charge in [-0.3, -0.25) is 4.79 Å². The van der Waals surface area contributed by atoms with Gasteiger partial charge in [-0.2, -0.15) is 0 Å². The maximum atomic E-state index is 12.9. The molecule has 0 aliphatic rings. The number of carbonyl (C=O) groups excluding carboxylic acids is 1. The minimum absolute atomic E-state index is 0.105. The first-order valence-corrected chi connectivity index (χ1v) is 7.44. The van der Waals surface area contributed by atoms with Crippen LogP contribution in [0.1, 0.15) is 33.8 Å². The lowest BCUT2D eigenvalue weighted by molar-refractivity contribution is 0.0950. The summed E-state index contributed by atoms with van der Waals surface area (Å²) in [4.78, 5) is 16.8. The molecule has 1 N–H and O–H groups in total. The van der Waals surface area contributed by atoms with Crippen molar-refractivity contribution < 1.29 is 13.9 Å². The number of benzene rings is 1. The van der Waals surface area contributed by atoms with Gasteiger partial charge in [0.25, 0.3) is 5.91 Å². The number of carbonyl (C=O) groups is 1. The van der Waals surface area contributed by atoms with Crippen LogP contribution in [-0.4, -0.2) is 24.5 Å². The summed E-state index contributed by atoms with van der Waals surface area (Å²) in [5.74, 6) is -0.310. The first-order valence-electron chi connectivity index (χ1n) is 6.56. The minimum Gasteiger partial charge on any atom is -0.378 e. The summed E-state index contributed by atoms with van der Waals surface area (Å²) in [7, 11) is 1.57. The van der Waals surface area contributed by atoms with Crippen molar-refractivity contribution >= 4 is 17.2 Å². The number of amides is 1. The fourth-order valence-corrected chi connectivity index (χ4v) is 2.64. The van der Waals surface area contributed by atoms with Gasteiger partial charge in [-0.05, 0) is 23.6 Å². The van der Waals surface area contributed by atoms with Crippen LogP contribution in [0.25, 0.3) is 0 Å². The van der Waals surface area contributed by atoms with E-state index in [1.54, 1.807) is 24.8 Å². The third kappa shape index (κ3) is 4.09.